The van der Waals surface area contributed by atoms with Gasteiger partial charge in [0.1, 0.15) is 0 Å². The van der Waals surface area contributed by atoms with Crippen LogP contribution in [0.15, 0.2) is 41.3 Å². The minimum atomic E-state index is -3.82. The lowest BCUT2D eigenvalue weighted by Crippen LogP contribution is -2.32. The summed E-state index contributed by atoms with van der Waals surface area (Å²) in [4.78, 5) is 14.6. The lowest BCUT2D eigenvalue weighted by molar-refractivity contribution is 0.0787. The van der Waals surface area contributed by atoms with E-state index in [1.165, 1.54) is 0 Å². The topological polar surface area (TPSA) is 92.5 Å². The number of hydrogen-bond acceptors (Lipinski definition) is 4. The Hall–Kier alpha value is -2.09. The average Bonchev–Trinajstić information content (AvgIpc) is 2.96. The smallest absolute Gasteiger partial charge is 0.262 e. The van der Waals surface area contributed by atoms with Crippen molar-refractivity contribution in [2.24, 2.45) is 11.7 Å². The van der Waals surface area contributed by atoms with Crippen molar-refractivity contribution in [3.63, 3.8) is 0 Å². The van der Waals surface area contributed by atoms with Gasteiger partial charge in [-0.15, -0.1) is 0 Å². The van der Waals surface area contributed by atoms with E-state index in [2.05, 4.69) is 4.72 Å². The first-order valence-electron chi connectivity index (χ1n) is 9.03. The van der Waals surface area contributed by atoms with Crippen LogP contribution >= 0.6 is 11.6 Å². The second-order valence-corrected chi connectivity index (χ2v) is 9.46. The van der Waals surface area contributed by atoms with E-state index >= 15 is 0 Å². The maximum Gasteiger partial charge on any atom is 0.262 e. The average molecular weight is 422 g/mol. The van der Waals surface area contributed by atoms with Crippen LogP contribution in [-0.2, 0) is 10.0 Å². The van der Waals surface area contributed by atoms with Crippen molar-refractivity contribution in [2.45, 2.75) is 31.7 Å². The van der Waals surface area contributed by atoms with E-state index in [-0.39, 0.29) is 22.8 Å². The van der Waals surface area contributed by atoms with Crippen molar-refractivity contribution in [3.8, 4) is 0 Å². The molecule has 28 heavy (non-hydrogen) atoms. The molecule has 150 valence electrons. The van der Waals surface area contributed by atoms with Crippen molar-refractivity contribution in [1.29, 1.82) is 0 Å². The summed E-state index contributed by atoms with van der Waals surface area (Å²) in [6.07, 6.45) is 0. The van der Waals surface area contributed by atoms with Crippen LogP contribution in [0.4, 0.5) is 5.69 Å². The molecule has 2 atom stereocenters. The van der Waals surface area contributed by atoms with E-state index in [4.69, 9.17) is 17.3 Å². The zero-order valence-electron chi connectivity index (χ0n) is 16.1. The number of carbonyl (C=O) groups is 1. The molecular weight excluding hydrogens is 398 g/mol. The molecule has 6 nitrogen and oxygen atoms in total. The Morgan fingerprint density at radius 2 is 1.89 bits per heavy atom. The first kappa shape index (κ1) is 20.6. The number of nitrogens with zero attached hydrogens (tertiary/aromatic N) is 1. The lowest BCUT2D eigenvalue weighted by Gasteiger charge is -2.17. The molecule has 0 unspecified atom stereocenters. The van der Waals surface area contributed by atoms with E-state index in [0.29, 0.717) is 40.5 Å². The molecule has 1 aliphatic rings. The summed E-state index contributed by atoms with van der Waals surface area (Å²) in [5, 5.41) is 0.516. The van der Waals surface area contributed by atoms with E-state index < -0.39 is 10.0 Å². The Morgan fingerprint density at radius 3 is 2.54 bits per heavy atom. The fourth-order valence-electron chi connectivity index (χ4n) is 3.31. The molecule has 2 aromatic rings. The van der Waals surface area contributed by atoms with Gasteiger partial charge in [0.25, 0.3) is 15.9 Å². The molecule has 0 aliphatic carbocycles. The van der Waals surface area contributed by atoms with Crippen molar-refractivity contribution in [2.75, 3.05) is 17.8 Å². The minimum absolute atomic E-state index is 0.0400. The quantitative estimate of drug-likeness (QED) is 0.792. The highest BCUT2D eigenvalue weighted by atomic mass is 35.5. The van der Waals surface area contributed by atoms with Gasteiger partial charge in [0, 0.05) is 35.4 Å². The first-order valence-corrected chi connectivity index (χ1v) is 10.9. The molecule has 2 aromatic carbocycles. The van der Waals surface area contributed by atoms with Gasteiger partial charge in [-0.2, -0.15) is 0 Å². The third kappa shape index (κ3) is 4.16. The molecular formula is C20H24ClN3O3S. The maximum atomic E-state index is 12.8. The summed E-state index contributed by atoms with van der Waals surface area (Å²) in [5.74, 6) is 0.0844. The number of hydrogen-bond donors (Lipinski definition) is 2. The second-order valence-electron chi connectivity index (χ2n) is 7.40. The Bertz CT molecular complexity index is 1010. The zero-order chi connectivity index (χ0) is 20.6. The van der Waals surface area contributed by atoms with Gasteiger partial charge in [0.05, 0.1) is 4.90 Å². The first-order chi connectivity index (χ1) is 13.1. The molecule has 0 aromatic heterocycles. The van der Waals surface area contributed by atoms with E-state index in [1.54, 1.807) is 55.1 Å². The number of aryl methyl sites for hydroxylation is 2. The van der Waals surface area contributed by atoms with Crippen molar-refractivity contribution in [1.82, 2.24) is 4.90 Å². The van der Waals surface area contributed by atoms with Crippen LogP contribution in [0, 0.1) is 19.8 Å². The Kier molecular flexibility index (Phi) is 5.70. The number of benzene rings is 2. The Labute approximate surface area is 170 Å². The largest absolute Gasteiger partial charge is 0.337 e. The van der Waals surface area contributed by atoms with E-state index in [0.717, 1.165) is 0 Å². The van der Waals surface area contributed by atoms with Crippen LogP contribution in [0.3, 0.4) is 0 Å². The Morgan fingerprint density at radius 1 is 1.18 bits per heavy atom. The molecule has 1 amide bonds. The summed E-state index contributed by atoms with van der Waals surface area (Å²) in [6, 6.07) is 9.63. The van der Waals surface area contributed by atoms with Gasteiger partial charge in [0.2, 0.25) is 0 Å². The fourth-order valence-corrected chi connectivity index (χ4v) is 4.89. The maximum absolute atomic E-state index is 12.8. The highest BCUT2D eigenvalue weighted by Crippen LogP contribution is 2.26. The van der Waals surface area contributed by atoms with Crippen LogP contribution in [-0.4, -0.2) is 38.4 Å². The highest BCUT2D eigenvalue weighted by molar-refractivity contribution is 7.92. The summed E-state index contributed by atoms with van der Waals surface area (Å²) < 4.78 is 28.2. The zero-order valence-corrected chi connectivity index (χ0v) is 17.6. The number of nitrogens with two attached hydrogens (primary N) is 1. The van der Waals surface area contributed by atoms with Gasteiger partial charge in [0.15, 0.2) is 0 Å². The second kappa shape index (κ2) is 7.73. The van der Waals surface area contributed by atoms with Crippen molar-refractivity contribution < 1.29 is 13.2 Å². The normalized spacial score (nSPS) is 19.7. The molecule has 0 spiro atoms. The van der Waals surface area contributed by atoms with Crippen LogP contribution in [0.1, 0.15) is 28.4 Å². The summed E-state index contributed by atoms with van der Waals surface area (Å²) in [7, 11) is -3.82. The third-order valence-electron chi connectivity index (χ3n) is 5.07. The molecule has 0 saturated carbocycles. The van der Waals surface area contributed by atoms with Crippen LogP contribution in [0.2, 0.25) is 5.02 Å². The van der Waals surface area contributed by atoms with E-state index in [9.17, 15) is 13.2 Å². The standard InChI is InChI=1S/C20H24ClN3O3S/c1-12-8-19(13(2)7-17(12)21)28(26,27)23-16-6-4-5-15(9-16)20(25)24-10-14(3)18(22)11-24/h4-9,14,18,23H,10-11,22H2,1-3H3/t14-,18-/m0/s1. The fraction of sp³-hybridized carbons (Fsp3) is 0.350. The number of nitrogens with one attached hydrogen (secondary N) is 1. The van der Waals surface area contributed by atoms with Crippen molar-refractivity contribution in [3.05, 3.63) is 58.1 Å². The number of carbonyl (C=O) groups excluding carboxylic acids is 1. The predicted octanol–water partition coefficient (Wildman–Crippen LogP) is 3.18. The molecule has 8 heteroatoms. The number of rotatable bonds is 4. The minimum Gasteiger partial charge on any atom is -0.337 e. The number of halogens is 1. The number of amides is 1. The SMILES string of the molecule is Cc1cc(S(=O)(=O)Nc2cccc(C(=O)N3C[C@H](C)[C@@H](N)C3)c2)c(C)cc1Cl. The molecule has 1 heterocycles. The van der Waals surface area contributed by atoms with Crippen LogP contribution < -0.4 is 10.5 Å². The molecule has 1 aliphatic heterocycles. The number of anilines is 1. The van der Waals surface area contributed by atoms with Gasteiger partial charge in [-0.05, 0) is 61.2 Å². The highest BCUT2D eigenvalue weighted by Gasteiger charge is 2.30. The van der Waals surface area contributed by atoms with Gasteiger partial charge in [-0.1, -0.05) is 24.6 Å². The predicted molar refractivity (Wildman–Crippen MR) is 111 cm³/mol. The molecule has 0 radical (unpaired) electrons. The molecule has 1 fully saturated rings. The summed E-state index contributed by atoms with van der Waals surface area (Å²) >= 11 is 6.07. The van der Waals surface area contributed by atoms with E-state index in [1.807, 2.05) is 6.92 Å². The molecule has 1 saturated heterocycles. The Balaban J connectivity index is 1.85. The van der Waals surface area contributed by atoms with Crippen molar-refractivity contribution >= 4 is 33.2 Å². The van der Waals surface area contributed by atoms with Gasteiger partial charge in [-0.3, -0.25) is 9.52 Å². The number of likely N-dealkylation sites (tertiary alicyclic amines) is 1. The van der Waals surface area contributed by atoms with Crippen LogP contribution in [0.5, 0.6) is 0 Å². The lowest BCUT2D eigenvalue weighted by atomic mass is 10.1. The number of sulfonamides is 1. The van der Waals surface area contributed by atoms with Gasteiger partial charge >= 0.3 is 0 Å². The molecule has 3 rings (SSSR count). The monoisotopic (exact) mass is 421 g/mol. The molecule has 3 N–H and O–H groups in total. The van der Waals surface area contributed by atoms with Crippen LogP contribution in [0.25, 0.3) is 0 Å². The summed E-state index contributed by atoms with van der Waals surface area (Å²) in [6.45, 7) is 6.55. The van der Waals surface area contributed by atoms with Gasteiger partial charge in [-0.25, -0.2) is 8.42 Å². The molecule has 0 bridgehead atoms. The third-order valence-corrected chi connectivity index (χ3v) is 7.00. The summed E-state index contributed by atoms with van der Waals surface area (Å²) in [5.41, 5.74) is 7.98. The van der Waals surface area contributed by atoms with Gasteiger partial charge < -0.3 is 10.6 Å².